The molecular formula is C18H17NO. The molecule has 1 heterocycles. The lowest BCUT2D eigenvalue weighted by Crippen LogP contribution is -2.28. The fourth-order valence-electron chi connectivity index (χ4n) is 2.63. The molecule has 0 aromatic heterocycles. The van der Waals surface area contributed by atoms with Crippen LogP contribution in [0.15, 0.2) is 72.3 Å². The second-order valence-corrected chi connectivity index (χ2v) is 5.12. The van der Waals surface area contributed by atoms with Gasteiger partial charge in [0.2, 0.25) is 5.91 Å². The summed E-state index contributed by atoms with van der Waals surface area (Å²) in [7, 11) is 0. The molecule has 0 spiro atoms. The fourth-order valence-corrected chi connectivity index (χ4v) is 2.63. The van der Waals surface area contributed by atoms with Gasteiger partial charge in [0.1, 0.15) is 0 Å². The van der Waals surface area contributed by atoms with Crippen molar-refractivity contribution in [2.24, 2.45) is 0 Å². The van der Waals surface area contributed by atoms with Crippen molar-refractivity contribution in [2.45, 2.75) is 19.5 Å². The molecule has 0 radical (unpaired) electrons. The normalized spacial score (nSPS) is 18.2. The molecule has 1 aliphatic rings. The van der Waals surface area contributed by atoms with E-state index in [2.05, 4.69) is 30.3 Å². The number of amides is 1. The Labute approximate surface area is 119 Å². The predicted molar refractivity (Wildman–Crippen MR) is 79.9 cm³/mol. The number of rotatable bonds is 3. The summed E-state index contributed by atoms with van der Waals surface area (Å²) in [6.45, 7) is 2.54. The van der Waals surface area contributed by atoms with E-state index < -0.39 is 0 Å². The van der Waals surface area contributed by atoms with Crippen LogP contribution in [0.2, 0.25) is 0 Å². The van der Waals surface area contributed by atoms with E-state index in [4.69, 9.17) is 0 Å². The molecule has 1 unspecified atom stereocenters. The van der Waals surface area contributed by atoms with Gasteiger partial charge in [-0.25, -0.2) is 0 Å². The third kappa shape index (κ3) is 2.37. The van der Waals surface area contributed by atoms with Crippen LogP contribution in [0.4, 0.5) is 0 Å². The van der Waals surface area contributed by atoms with Crippen LogP contribution in [0.1, 0.15) is 24.1 Å². The summed E-state index contributed by atoms with van der Waals surface area (Å²) in [6.07, 6.45) is 2.06. The first-order valence-electron chi connectivity index (χ1n) is 6.84. The Hall–Kier alpha value is -2.35. The highest BCUT2D eigenvalue weighted by Gasteiger charge is 2.30. The second kappa shape index (κ2) is 5.33. The molecule has 0 N–H and O–H groups in total. The van der Waals surface area contributed by atoms with Crippen LogP contribution in [0.25, 0.3) is 0 Å². The van der Waals surface area contributed by atoms with E-state index in [9.17, 15) is 4.79 Å². The molecule has 1 amide bonds. The SMILES string of the molecule is CC1=CC(c2ccccc2)N(Cc2ccccc2)C1=O. The van der Waals surface area contributed by atoms with Crippen molar-refractivity contribution in [2.75, 3.05) is 0 Å². The minimum absolute atomic E-state index is 0.0453. The summed E-state index contributed by atoms with van der Waals surface area (Å²) in [5.41, 5.74) is 3.15. The summed E-state index contributed by atoms with van der Waals surface area (Å²) >= 11 is 0. The molecule has 100 valence electrons. The summed E-state index contributed by atoms with van der Waals surface area (Å²) in [6, 6.07) is 20.4. The van der Waals surface area contributed by atoms with Crippen LogP contribution in [-0.2, 0) is 11.3 Å². The van der Waals surface area contributed by atoms with E-state index in [1.807, 2.05) is 48.2 Å². The monoisotopic (exact) mass is 263 g/mol. The van der Waals surface area contributed by atoms with Crippen molar-refractivity contribution in [3.05, 3.63) is 83.4 Å². The highest BCUT2D eigenvalue weighted by atomic mass is 16.2. The van der Waals surface area contributed by atoms with Gasteiger partial charge in [-0.3, -0.25) is 4.79 Å². The molecule has 2 aromatic rings. The Bertz CT molecular complexity index is 631. The minimum Gasteiger partial charge on any atom is -0.324 e. The average Bonchev–Trinajstić information content (AvgIpc) is 2.78. The molecule has 2 nitrogen and oxygen atoms in total. The first-order chi connectivity index (χ1) is 9.75. The van der Waals surface area contributed by atoms with E-state index in [1.165, 1.54) is 0 Å². The van der Waals surface area contributed by atoms with Crippen molar-refractivity contribution in [1.82, 2.24) is 4.90 Å². The second-order valence-electron chi connectivity index (χ2n) is 5.12. The van der Waals surface area contributed by atoms with Crippen LogP contribution in [0, 0.1) is 0 Å². The van der Waals surface area contributed by atoms with Gasteiger partial charge in [-0.05, 0) is 24.1 Å². The zero-order valence-corrected chi connectivity index (χ0v) is 11.5. The maximum Gasteiger partial charge on any atom is 0.250 e. The van der Waals surface area contributed by atoms with E-state index in [0.29, 0.717) is 6.54 Å². The number of hydrogen-bond donors (Lipinski definition) is 0. The highest BCUT2D eigenvalue weighted by molar-refractivity contribution is 5.96. The molecule has 1 aliphatic heterocycles. The minimum atomic E-state index is 0.0453. The molecule has 0 saturated carbocycles. The molecular weight excluding hydrogens is 246 g/mol. The molecule has 2 heteroatoms. The number of benzene rings is 2. The van der Waals surface area contributed by atoms with Gasteiger partial charge in [-0.1, -0.05) is 60.7 Å². The molecule has 0 fully saturated rings. The first-order valence-corrected chi connectivity index (χ1v) is 6.84. The molecule has 20 heavy (non-hydrogen) atoms. The van der Waals surface area contributed by atoms with Crippen LogP contribution in [0.5, 0.6) is 0 Å². The largest absolute Gasteiger partial charge is 0.324 e. The van der Waals surface area contributed by atoms with Crippen LogP contribution in [0.3, 0.4) is 0 Å². The van der Waals surface area contributed by atoms with Crippen LogP contribution in [-0.4, -0.2) is 10.8 Å². The molecule has 0 saturated heterocycles. The third-order valence-corrected chi connectivity index (χ3v) is 3.68. The molecule has 2 aromatic carbocycles. The first kappa shape index (κ1) is 12.7. The van der Waals surface area contributed by atoms with Gasteiger partial charge in [0.15, 0.2) is 0 Å². The molecule has 0 aliphatic carbocycles. The Morgan fingerprint density at radius 2 is 1.55 bits per heavy atom. The van der Waals surface area contributed by atoms with Crippen molar-refractivity contribution in [3.8, 4) is 0 Å². The van der Waals surface area contributed by atoms with Gasteiger partial charge >= 0.3 is 0 Å². The summed E-state index contributed by atoms with van der Waals surface area (Å²) in [4.78, 5) is 14.3. The van der Waals surface area contributed by atoms with Gasteiger partial charge < -0.3 is 4.90 Å². The van der Waals surface area contributed by atoms with Crippen molar-refractivity contribution in [3.63, 3.8) is 0 Å². The predicted octanol–water partition coefficient (Wildman–Crippen LogP) is 3.72. The van der Waals surface area contributed by atoms with E-state index in [0.717, 1.165) is 16.7 Å². The lowest BCUT2D eigenvalue weighted by Gasteiger charge is -2.25. The van der Waals surface area contributed by atoms with Gasteiger partial charge in [0.05, 0.1) is 6.04 Å². The zero-order valence-electron chi connectivity index (χ0n) is 11.5. The van der Waals surface area contributed by atoms with Crippen LogP contribution < -0.4 is 0 Å². The number of carbonyl (C=O) groups excluding carboxylic acids is 1. The summed E-state index contributed by atoms with van der Waals surface area (Å²) in [5.74, 6) is 0.128. The third-order valence-electron chi connectivity index (χ3n) is 3.68. The van der Waals surface area contributed by atoms with E-state index in [1.54, 1.807) is 0 Å². The smallest absolute Gasteiger partial charge is 0.250 e. The maximum atomic E-state index is 12.4. The molecule has 0 bridgehead atoms. The Balaban J connectivity index is 1.90. The van der Waals surface area contributed by atoms with Crippen molar-refractivity contribution in [1.29, 1.82) is 0 Å². The van der Waals surface area contributed by atoms with Gasteiger partial charge in [0, 0.05) is 12.1 Å². The van der Waals surface area contributed by atoms with Crippen molar-refractivity contribution < 1.29 is 4.79 Å². The average molecular weight is 263 g/mol. The standard InChI is InChI=1S/C18H17NO/c1-14-12-17(16-10-6-3-7-11-16)19(18(14)20)13-15-8-4-2-5-9-15/h2-12,17H,13H2,1H3. The number of carbonyl (C=O) groups is 1. The fraction of sp³-hybridized carbons (Fsp3) is 0.167. The number of hydrogen-bond acceptors (Lipinski definition) is 1. The highest BCUT2D eigenvalue weighted by Crippen LogP contribution is 2.32. The Morgan fingerprint density at radius 1 is 0.950 bits per heavy atom. The van der Waals surface area contributed by atoms with Gasteiger partial charge in [0.25, 0.3) is 0 Å². The van der Waals surface area contributed by atoms with Crippen LogP contribution >= 0.6 is 0 Å². The van der Waals surface area contributed by atoms with E-state index >= 15 is 0 Å². The van der Waals surface area contributed by atoms with Gasteiger partial charge in [-0.15, -0.1) is 0 Å². The zero-order chi connectivity index (χ0) is 13.9. The Morgan fingerprint density at radius 3 is 2.20 bits per heavy atom. The maximum absolute atomic E-state index is 12.4. The summed E-state index contributed by atoms with van der Waals surface area (Å²) < 4.78 is 0. The Kier molecular flexibility index (Phi) is 3.38. The molecule has 1 atom stereocenters. The number of nitrogens with zero attached hydrogens (tertiary/aromatic N) is 1. The van der Waals surface area contributed by atoms with E-state index in [-0.39, 0.29) is 11.9 Å². The lowest BCUT2D eigenvalue weighted by molar-refractivity contribution is -0.127. The topological polar surface area (TPSA) is 20.3 Å². The quantitative estimate of drug-likeness (QED) is 0.826. The van der Waals surface area contributed by atoms with Crippen molar-refractivity contribution >= 4 is 5.91 Å². The summed E-state index contributed by atoms with van der Waals surface area (Å²) in [5, 5.41) is 0. The van der Waals surface area contributed by atoms with Gasteiger partial charge in [-0.2, -0.15) is 0 Å². The lowest BCUT2D eigenvalue weighted by atomic mass is 10.1. The molecule has 3 rings (SSSR count).